The Kier molecular flexibility index (Phi) is 5.33. The van der Waals surface area contributed by atoms with Crippen molar-refractivity contribution < 1.29 is 9.53 Å². The summed E-state index contributed by atoms with van der Waals surface area (Å²) in [4.78, 5) is 33.5. The second kappa shape index (κ2) is 8.22. The van der Waals surface area contributed by atoms with Gasteiger partial charge in [-0.1, -0.05) is 6.07 Å². The van der Waals surface area contributed by atoms with Crippen LogP contribution in [0.1, 0.15) is 19.8 Å². The Morgan fingerprint density at radius 3 is 2.79 bits per heavy atom. The third kappa shape index (κ3) is 4.31. The summed E-state index contributed by atoms with van der Waals surface area (Å²) in [5.74, 6) is 0.643. The maximum absolute atomic E-state index is 12.4. The molecule has 1 saturated heterocycles. The van der Waals surface area contributed by atoms with Gasteiger partial charge in [0.05, 0.1) is 12.8 Å². The standard InChI is InChI=1S/C21H23N5O3/c1-2-29-17-10-14-11-18(20(27)25-19(14)22-13-17)23-15-6-5-7-16(12-15)24-21(28)26-8-3-4-9-26/h5-7,10-13,23H,2-4,8-9H2,1H3,(H,24,28)(H,22,25,27). The Morgan fingerprint density at radius 2 is 2.00 bits per heavy atom. The fourth-order valence-electron chi connectivity index (χ4n) is 3.36. The van der Waals surface area contributed by atoms with Gasteiger partial charge in [0.15, 0.2) is 0 Å². The molecule has 8 heteroatoms. The van der Waals surface area contributed by atoms with Crippen molar-refractivity contribution in [3.8, 4) is 5.75 Å². The summed E-state index contributed by atoms with van der Waals surface area (Å²) in [5.41, 5.74) is 1.97. The first kappa shape index (κ1) is 18.8. The van der Waals surface area contributed by atoms with Gasteiger partial charge >= 0.3 is 6.03 Å². The van der Waals surface area contributed by atoms with Crippen molar-refractivity contribution in [2.45, 2.75) is 19.8 Å². The van der Waals surface area contributed by atoms with Crippen LogP contribution in [0.3, 0.4) is 0 Å². The molecule has 2 aromatic heterocycles. The highest BCUT2D eigenvalue weighted by atomic mass is 16.5. The van der Waals surface area contributed by atoms with Gasteiger partial charge in [-0.05, 0) is 50.1 Å². The minimum Gasteiger partial charge on any atom is -0.492 e. The molecule has 29 heavy (non-hydrogen) atoms. The number of nitrogens with one attached hydrogen (secondary N) is 3. The molecule has 0 spiro atoms. The van der Waals surface area contributed by atoms with E-state index in [4.69, 9.17) is 4.74 Å². The monoisotopic (exact) mass is 393 g/mol. The average molecular weight is 393 g/mol. The Morgan fingerprint density at radius 1 is 1.21 bits per heavy atom. The summed E-state index contributed by atoms with van der Waals surface area (Å²) in [6.45, 7) is 4.01. The van der Waals surface area contributed by atoms with Crippen LogP contribution < -0.4 is 20.9 Å². The van der Waals surface area contributed by atoms with Gasteiger partial charge in [0.1, 0.15) is 17.1 Å². The molecule has 0 radical (unpaired) electrons. The van der Waals surface area contributed by atoms with Gasteiger partial charge in [-0.2, -0.15) is 0 Å². The number of carbonyl (C=O) groups excluding carboxylic acids is 1. The molecule has 0 unspecified atom stereocenters. The van der Waals surface area contributed by atoms with Crippen molar-refractivity contribution >= 4 is 34.1 Å². The molecule has 3 aromatic rings. The average Bonchev–Trinajstić information content (AvgIpc) is 3.24. The first-order valence-corrected chi connectivity index (χ1v) is 9.71. The van der Waals surface area contributed by atoms with Crippen LogP contribution in [0.5, 0.6) is 5.75 Å². The number of fused-ring (bicyclic) bond motifs is 1. The zero-order valence-electron chi connectivity index (χ0n) is 16.2. The summed E-state index contributed by atoms with van der Waals surface area (Å²) >= 11 is 0. The van der Waals surface area contributed by atoms with E-state index in [-0.39, 0.29) is 11.6 Å². The van der Waals surface area contributed by atoms with Crippen LogP contribution in [-0.2, 0) is 0 Å². The molecule has 2 amide bonds. The lowest BCUT2D eigenvalue weighted by molar-refractivity contribution is 0.222. The minimum atomic E-state index is -0.277. The summed E-state index contributed by atoms with van der Waals surface area (Å²) in [6.07, 6.45) is 3.67. The van der Waals surface area contributed by atoms with E-state index in [1.165, 1.54) is 0 Å². The molecule has 1 aliphatic heterocycles. The molecule has 0 atom stereocenters. The summed E-state index contributed by atoms with van der Waals surface area (Å²) in [7, 11) is 0. The van der Waals surface area contributed by atoms with Gasteiger partial charge in [-0.15, -0.1) is 0 Å². The number of benzene rings is 1. The number of amides is 2. The largest absolute Gasteiger partial charge is 0.492 e. The van der Waals surface area contributed by atoms with E-state index in [1.807, 2.05) is 31.2 Å². The number of aromatic nitrogens is 2. The van der Waals surface area contributed by atoms with Crippen molar-refractivity contribution in [2.24, 2.45) is 0 Å². The van der Waals surface area contributed by atoms with Crippen LogP contribution in [0.15, 0.2) is 47.4 Å². The van der Waals surface area contributed by atoms with Gasteiger partial charge in [0.25, 0.3) is 5.56 Å². The van der Waals surface area contributed by atoms with E-state index in [2.05, 4.69) is 20.6 Å². The summed E-state index contributed by atoms with van der Waals surface area (Å²) < 4.78 is 5.48. The smallest absolute Gasteiger partial charge is 0.321 e. The number of rotatable bonds is 5. The van der Waals surface area contributed by atoms with Crippen LogP contribution >= 0.6 is 0 Å². The zero-order valence-corrected chi connectivity index (χ0v) is 16.2. The number of nitrogens with zero attached hydrogens (tertiary/aromatic N) is 2. The molecule has 1 aromatic carbocycles. The topological polar surface area (TPSA) is 99.3 Å². The van der Waals surface area contributed by atoms with Crippen molar-refractivity contribution in [3.63, 3.8) is 0 Å². The molecular weight excluding hydrogens is 370 g/mol. The number of aromatic amines is 1. The summed E-state index contributed by atoms with van der Waals surface area (Å²) in [5, 5.41) is 6.79. The molecule has 1 fully saturated rings. The van der Waals surface area contributed by atoms with Gasteiger partial charge in [-0.3, -0.25) is 4.79 Å². The second-order valence-electron chi connectivity index (χ2n) is 6.88. The van der Waals surface area contributed by atoms with Gasteiger partial charge in [-0.25, -0.2) is 9.78 Å². The van der Waals surface area contributed by atoms with Gasteiger partial charge in [0, 0.05) is 29.9 Å². The summed E-state index contributed by atoms with van der Waals surface area (Å²) in [6, 6.07) is 10.8. The molecule has 4 rings (SSSR count). The van der Waals surface area contributed by atoms with E-state index in [9.17, 15) is 9.59 Å². The highest BCUT2D eigenvalue weighted by Crippen LogP contribution is 2.22. The van der Waals surface area contributed by atoms with Crippen LogP contribution in [-0.4, -0.2) is 40.6 Å². The fourth-order valence-corrected chi connectivity index (χ4v) is 3.36. The maximum Gasteiger partial charge on any atom is 0.321 e. The Hall–Kier alpha value is -3.55. The minimum absolute atomic E-state index is 0.0993. The predicted molar refractivity (Wildman–Crippen MR) is 113 cm³/mol. The van der Waals surface area contributed by atoms with Crippen molar-refractivity contribution in [1.29, 1.82) is 0 Å². The molecular formula is C21H23N5O3. The molecule has 0 bridgehead atoms. The molecule has 0 saturated carbocycles. The van der Waals surface area contributed by atoms with E-state index >= 15 is 0 Å². The maximum atomic E-state index is 12.4. The highest BCUT2D eigenvalue weighted by Gasteiger charge is 2.17. The van der Waals surface area contributed by atoms with Crippen LogP contribution in [0, 0.1) is 0 Å². The number of pyridine rings is 2. The number of hydrogen-bond donors (Lipinski definition) is 3. The quantitative estimate of drug-likeness (QED) is 0.614. The van der Waals surface area contributed by atoms with E-state index in [0.717, 1.165) is 31.3 Å². The van der Waals surface area contributed by atoms with Crippen molar-refractivity contribution in [2.75, 3.05) is 30.3 Å². The highest BCUT2D eigenvalue weighted by molar-refractivity contribution is 5.90. The van der Waals surface area contributed by atoms with Crippen LogP contribution in [0.4, 0.5) is 21.9 Å². The predicted octanol–water partition coefficient (Wildman–Crippen LogP) is 3.69. The first-order valence-electron chi connectivity index (χ1n) is 9.71. The van der Waals surface area contributed by atoms with E-state index in [1.54, 1.807) is 23.2 Å². The molecule has 1 aliphatic rings. The Labute approximate surface area is 167 Å². The third-order valence-electron chi connectivity index (χ3n) is 4.77. The van der Waals surface area contributed by atoms with Crippen LogP contribution in [0.25, 0.3) is 11.0 Å². The fraction of sp³-hybridized carbons (Fsp3) is 0.286. The number of likely N-dealkylation sites (tertiary alicyclic amines) is 1. The number of anilines is 3. The number of hydrogen-bond acceptors (Lipinski definition) is 5. The van der Waals surface area contributed by atoms with Crippen molar-refractivity contribution in [3.05, 3.63) is 52.9 Å². The van der Waals surface area contributed by atoms with Gasteiger partial charge in [0.2, 0.25) is 0 Å². The zero-order chi connectivity index (χ0) is 20.2. The third-order valence-corrected chi connectivity index (χ3v) is 4.77. The molecule has 150 valence electrons. The molecule has 0 aliphatic carbocycles. The first-order chi connectivity index (χ1) is 14.1. The lowest BCUT2D eigenvalue weighted by Crippen LogP contribution is -2.32. The number of urea groups is 1. The lowest BCUT2D eigenvalue weighted by Gasteiger charge is -2.16. The molecule has 3 N–H and O–H groups in total. The van der Waals surface area contributed by atoms with Crippen LogP contribution in [0.2, 0.25) is 0 Å². The lowest BCUT2D eigenvalue weighted by atomic mass is 10.2. The number of ether oxygens (including phenoxy) is 1. The normalized spacial score (nSPS) is 13.5. The van der Waals surface area contributed by atoms with Gasteiger partial charge < -0.3 is 25.3 Å². The number of carbonyl (C=O) groups is 1. The molecule has 8 nitrogen and oxygen atoms in total. The van der Waals surface area contributed by atoms with E-state index in [0.29, 0.717) is 35.1 Å². The Balaban J connectivity index is 1.55. The SMILES string of the molecule is CCOc1cnc2[nH]c(=O)c(Nc3cccc(NC(=O)N4CCCC4)c3)cc2c1. The van der Waals surface area contributed by atoms with Crippen molar-refractivity contribution in [1.82, 2.24) is 14.9 Å². The Bertz CT molecular complexity index is 1090. The second-order valence-corrected chi connectivity index (χ2v) is 6.88. The molecule has 3 heterocycles. The number of H-pyrrole nitrogens is 1. The van der Waals surface area contributed by atoms with E-state index < -0.39 is 0 Å².